The number of aromatic nitrogens is 5. The van der Waals surface area contributed by atoms with Crippen LogP contribution in [0.15, 0.2) is 43.0 Å². The van der Waals surface area contributed by atoms with Gasteiger partial charge in [-0.05, 0) is 32.0 Å². The van der Waals surface area contributed by atoms with Crippen LogP contribution in [-0.2, 0) is 0 Å². The minimum absolute atomic E-state index is 0.209. The molecule has 4 aromatic rings. The van der Waals surface area contributed by atoms with Gasteiger partial charge in [-0.25, -0.2) is 14.4 Å². The van der Waals surface area contributed by atoms with Crippen molar-refractivity contribution in [3.63, 3.8) is 0 Å². The number of nitrogens with two attached hydrogens (primary N) is 1. The molecule has 0 radical (unpaired) electrons. The second-order valence-electron chi connectivity index (χ2n) is 7.63. The zero-order valence-electron chi connectivity index (χ0n) is 17.4. The third-order valence-electron chi connectivity index (χ3n) is 5.29. The fourth-order valence-corrected chi connectivity index (χ4v) is 3.70. The van der Waals surface area contributed by atoms with E-state index in [1.54, 1.807) is 11.5 Å². The number of hydrogen-bond acceptors (Lipinski definition) is 7. The first-order chi connectivity index (χ1) is 15.4. The number of rotatable bonds is 1. The Bertz CT molecular complexity index is 1320. The minimum atomic E-state index is -0.488. The topological polar surface area (TPSA) is 124 Å². The molecule has 5 heterocycles. The number of pyridine rings is 1. The molecule has 0 spiro atoms. The molecule has 164 valence electrons. The number of hydrogen-bond donors (Lipinski definition) is 3. The molecule has 32 heavy (non-hydrogen) atoms. The second kappa shape index (κ2) is 7.52. The minimum Gasteiger partial charge on any atom is -0.473 e. The summed E-state index contributed by atoms with van der Waals surface area (Å²) in [5, 5.41) is 10.4. The number of halogens is 1. The Morgan fingerprint density at radius 2 is 2.03 bits per heavy atom. The van der Waals surface area contributed by atoms with Gasteiger partial charge in [0, 0.05) is 18.0 Å². The van der Waals surface area contributed by atoms with E-state index in [9.17, 15) is 9.18 Å². The average molecular weight is 436 g/mol. The fourth-order valence-electron chi connectivity index (χ4n) is 3.70. The highest BCUT2D eigenvalue weighted by Crippen LogP contribution is 2.33. The summed E-state index contributed by atoms with van der Waals surface area (Å²) in [5.41, 5.74) is 8.10. The van der Waals surface area contributed by atoms with Gasteiger partial charge in [-0.15, -0.1) is 0 Å². The van der Waals surface area contributed by atoms with Crippen molar-refractivity contribution in [1.82, 2.24) is 29.5 Å². The molecule has 2 unspecified atom stereocenters. The predicted octanol–water partition coefficient (Wildman–Crippen LogP) is 2.32. The highest BCUT2D eigenvalue weighted by atomic mass is 19.1. The van der Waals surface area contributed by atoms with E-state index >= 15 is 0 Å². The van der Waals surface area contributed by atoms with Gasteiger partial charge in [-0.1, -0.05) is 0 Å². The Balaban J connectivity index is 1.74. The van der Waals surface area contributed by atoms with Crippen LogP contribution in [-0.4, -0.2) is 42.7 Å². The first kappa shape index (κ1) is 19.8. The summed E-state index contributed by atoms with van der Waals surface area (Å²) in [6.45, 7) is 3.84. The van der Waals surface area contributed by atoms with Crippen LogP contribution in [0.4, 0.5) is 16.0 Å². The van der Waals surface area contributed by atoms with Gasteiger partial charge < -0.3 is 25.7 Å². The van der Waals surface area contributed by atoms with E-state index < -0.39 is 18.0 Å². The smallest absolute Gasteiger partial charge is 0.256 e. The highest BCUT2D eigenvalue weighted by Gasteiger charge is 2.25. The molecular formula is C21H21FN8O2. The largest absolute Gasteiger partial charge is 0.473 e. The molecule has 1 amide bonds. The van der Waals surface area contributed by atoms with Crippen LogP contribution < -0.4 is 21.1 Å². The number of ether oxygens (including phenoxy) is 1. The average Bonchev–Trinajstić information content (AvgIpc) is 3.43. The standard InChI is InChI=1S/C21H21FN8O2/c1-11-8-24-20(31)15-10-26-30-17(23)16(29-5-3-4-6-29)18(28-19(15)30)27-12(2)14-7-13(22)9-25-21(14)32-11/h3-7,9-12H,8,23H2,1-2H3,(H,24,31)(H,27,28). The van der Waals surface area contributed by atoms with E-state index in [-0.39, 0.29) is 29.7 Å². The normalized spacial score (nSPS) is 18.7. The van der Waals surface area contributed by atoms with Crippen molar-refractivity contribution in [2.45, 2.75) is 26.0 Å². The maximum absolute atomic E-state index is 14.1. The van der Waals surface area contributed by atoms with Crippen molar-refractivity contribution in [2.75, 3.05) is 17.6 Å². The van der Waals surface area contributed by atoms with Gasteiger partial charge in [0.05, 0.1) is 25.0 Å². The summed E-state index contributed by atoms with van der Waals surface area (Å²) in [6.07, 6.45) is 5.75. The maximum Gasteiger partial charge on any atom is 0.256 e. The lowest BCUT2D eigenvalue weighted by molar-refractivity contribution is 0.0932. The molecule has 10 nitrogen and oxygen atoms in total. The second-order valence-corrected chi connectivity index (χ2v) is 7.63. The third-order valence-corrected chi connectivity index (χ3v) is 5.29. The molecule has 2 atom stereocenters. The van der Waals surface area contributed by atoms with Gasteiger partial charge in [-0.2, -0.15) is 9.61 Å². The third kappa shape index (κ3) is 3.27. The van der Waals surface area contributed by atoms with Crippen LogP contribution >= 0.6 is 0 Å². The quantitative estimate of drug-likeness (QED) is 0.418. The molecule has 0 saturated heterocycles. The molecule has 0 aromatic carbocycles. The molecule has 4 aromatic heterocycles. The lowest BCUT2D eigenvalue weighted by Crippen LogP contribution is -2.34. The van der Waals surface area contributed by atoms with E-state index in [0.717, 1.165) is 6.20 Å². The monoisotopic (exact) mass is 436 g/mol. The summed E-state index contributed by atoms with van der Waals surface area (Å²) in [7, 11) is 0. The van der Waals surface area contributed by atoms with Crippen LogP contribution in [0.25, 0.3) is 11.3 Å². The first-order valence-electron chi connectivity index (χ1n) is 10.1. The van der Waals surface area contributed by atoms with E-state index in [0.29, 0.717) is 22.7 Å². The Hall–Kier alpha value is -4.15. The number of carbonyl (C=O) groups is 1. The fraction of sp³-hybridized carbons (Fsp3) is 0.238. The highest BCUT2D eigenvalue weighted by molar-refractivity contribution is 6.00. The van der Waals surface area contributed by atoms with Crippen molar-refractivity contribution in [2.24, 2.45) is 0 Å². The zero-order valence-corrected chi connectivity index (χ0v) is 17.4. The molecule has 0 saturated carbocycles. The van der Waals surface area contributed by atoms with Crippen LogP contribution in [0, 0.1) is 5.82 Å². The predicted molar refractivity (Wildman–Crippen MR) is 115 cm³/mol. The SMILES string of the molecule is CC1CNC(=O)c2cnn3c(N)c(-n4cccc4)c(nc23)NC(C)c2cc(F)cnc2O1. The van der Waals surface area contributed by atoms with Gasteiger partial charge >= 0.3 is 0 Å². The Morgan fingerprint density at radius 3 is 2.81 bits per heavy atom. The molecule has 1 aliphatic heterocycles. The number of nitrogen functional groups attached to an aromatic ring is 1. The van der Waals surface area contributed by atoms with Crippen LogP contribution in [0.3, 0.4) is 0 Å². The van der Waals surface area contributed by atoms with Crippen LogP contribution in [0.2, 0.25) is 0 Å². The summed E-state index contributed by atoms with van der Waals surface area (Å²) in [5.74, 6) is 0.110. The summed E-state index contributed by atoms with van der Waals surface area (Å²) >= 11 is 0. The Labute approximate surface area is 182 Å². The first-order valence-corrected chi connectivity index (χ1v) is 10.1. The number of carbonyl (C=O) groups excluding carboxylic acids is 1. The zero-order chi connectivity index (χ0) is 22.4. The molecule has 5 rings (SSSR count). The van der Waals surface area contributed by atoms with Crippen LogP contribution in [0.1, 0.15) is 35.8 Å². The molecule has 1 aliphatic rings. The number of nitrogens with one attached hydrogen (secondary N) is 2. The lowest BCUT2D eigenvalue weighted by Gasteiger charge is -2.22. The molecule has 11 heteroatoms. The Kier molecular flexibility index (Phi) is 4.65. The van der Waals surface area contributed by atoms with Gasteiger partial charge in [0.1, 0.15) is 23.2 Å². The number of fused-ring (bicyclic) bond motifs is 2. The van der Waals surface area contributed by atoms with Gasteiger partial charge in [0.25, 0.3) is 5.91 Å². The molecule has 4 N–H and O–H groups in total. The Morgan fingerprint density at radius 1 is 1.25 bits per heavy atom. The lowest BCUT2D eigenvalue weighted by atomic mass is 10.1. The summed E-state index contributed by atoms with van der Waals surface area (Å²) in [4.78, 5) is 21.6. The number of nitrogens with zero attached hydrogens (tertiary/aromatic N) is 5. The maximum atomic E-state index is 14.1. The van der Waals surface area contributed by atoms with E-state index in [1.165, 1.54) is 16.8 Å². The van der Waals surface area contributed by atoms with Crippen molar-refractivity contribution in [1.29, 1.82) is 0 Å². The van der Waals surface area contributed by atoms with Crippen molar-refractivity contribution < 1.29 is 13.9 Å². The summed E-state index contributed by atoms with van der Waals surface area (Å²) in [6, 6.07) is 4.63. The van der Waals surface area contributed by atoms with E-state index in [4.69, 9.17) is 10.5 Å². The van der Waals surface area contributed by atoms with Gasteiger partial charge in [0.2, 0.25) is 5.88 Å². The number of amides is 1. The van der Waals surface area contributed by atoms with E-state index in [1.807, 2.05) is 31.5 Å². The van der Waals surface area contributed by atoms with Crippen molar-refractivity contribution in [3.8, 4) is 11.6 Å². The molecule has 0 aliphatic carbocycles. The van der Waals surface area contributed by atoms with Crippen molar-refractivity contribution in [3.05, 3.63) is 59.9 Å². The van der Waals surface area contributed by atoms with E-state index in [2.05, 4.69) is 25.7 Å². The molecular weight excluding hydrogens is 415 g/mol. The number of anilines is 2. The summed E-state index contributed by atoms with van der Waals surface area (Å²) < 4.78 is 23.2. The van der Waals surface area contributed by atoms with Gasteiger partial charge in [-0.3, -0.25) is 4.79 Å². The van der Waals surface area contributed by atoms with Gasteiger partial charge in [0.15, 0.2) is 17.3 Å². The van der Waals surface area contributed by atoms with Crippen molar-refractivity contribution >= 4 is 23.2 Å². The molecule has 2 bridgehead atoms. The molecule has 0 fully saturated rings. The van der Waals surface area contributed by atoms with Crippen LogP contribution in [0.5, 0.6) is 5.88 Å².